The second-order valence-corrected chi connectivity index (χ2v) is 3.25. The predicted molar refractivity (Wildman–Crippen MR) is 49.1 cm³/mol. The molecule has 2 rings (SSSR count). The summed E-state index contributed by atoms with van der Waals surface area (Å²) in [7, 11) is 3.46. The summed E-state index contributed by atoms with van der Waals surface area (Å²) >= 11 is 0. The Bertz CT molecular complexity index is 264. The van der Waals surface area contributed by atoms with E-state index in [-0.39, 0.29) is 0 Å². The molecule has 0 fully saturated rings. The van der Waals surface area contributed by atoms with Crippen molar-refractivity contribution in [3.63, 3.8) is 0 Å². The van der Waals surface area contributed by atoms with Crippen LogP contribution in [0.15, 0.2) is 18.2 Å². The topological polar surface area (TPSA) is 9.23 Å². The first-order valence-corrected chi connectivity index (χ1v) is 4.44. The molecule has 0 spiro atoms. The van der Waals surface area contributed by atoms with Gasteiger partial charge in [0.1, 0.15) is 12.9 Å². The van der Waals surface area contributed by atoms with Crippen LogP contribution < -0.4 is 4.74 Å². The summed E-state index contributed by atoms with van der Waals surface area (Å²) in [5.74, 6) is 0.965. The first-order chi connectivity index (χ1) is 5.92. The molecule has 1 aliphatic carbocycles. The summed E-state index contributed by atoms with van der Waals surface area (Å²) in [6.07, 6.45) is 4.95. The Labute approximate surface area is 73.4 Å². The average molecular weight is 161 g/mol. The van der Waals surface area contributed by atoms with Gasteiger partial charge in [-0.2, -0.15) is 0 Å². The summed E-state index contributed by atoms with van der Waals surface area (Å²) in [5, 5.41) is 0. The van der Waals surface area contributed by atoms with Gasteiger partial charge in [-0.25, -0.2) is 0 Å². The van der Waals surface area contributed by atoms with Gasteiger partial charge < -0.3 is 4.74 Å². The van der Waals surface area contributed by atoms with Crippen molar-refractivity contribution in [1.29, 1.82) is 0 Å². The monoisotopic (exact) mass is 161 g/mol. The molecule has 0 bridgehead atoms. The number of aryl methyl sites for hydroxylation is 1. The molecular formula is C11H13O. The van der Waals surface area contributed by atoms with Gasteiger partial charge in [0.05, 0.1) is 0 Å². The molecule has 0 aliphatic heterocycles. The zero-order valence-electron chi connectivity index (χ0n) is 7.18. The Kier molecular flexibility index (Phi) is 2.03. The van der Waals surface area contributed by atoms with Crippen molar-refractivity contribution < 1.29 is 4.74 Å². The van der Waals surface area contributed by atoms with E-state index in [4.69, 9.17) is 4.74 Å². The Balaban J connectivity index is 2.44. The molecule has 0 saturated heterocycles. The van der Waals surface area contributed by atoms with Crippen molar-refractivity contribution in [3.8, 4) is 5.75 Å². The third-order valence-corrected chi connectivity index (χ3v) is 2.51. The molecule has 0 N–H and O–H groups in total. The molecule has 1 radical (unpaired) electrons. The third-order valence-electron chi connectivity index (χ3n) is 2.51. The maximum absolute atomic E-state index is 5.06. The van der Waals surface area contributed by atoms with E-state index in [0.29, 0.717) is 0 Å². The van der Waals surface area contributed by atoms with Gasteiger partial charge in [0.25, 0.3) is 0 Å². The minimum atomic E-state index is 0.965. The van der Waals surface area contributed by atoms with Gasteiger partial charge in [0.15, 0.2) is 0 Å². The average Bonchev–Trinajstić information content (AvgIpc) is 2.17. The number of rotatable bonds is 1. The van der Waals surface area contributed by atoms with Crippen molar-refractivity contribution in [2.24, 2.45) is 0 Å². The summed E-state index contributed by atoms with van der Waals surface area (Å²) in [5.41, 5.74) is 2.82. The van der Waals surface area contributed by atoms with Gasteiger partial charge in [-0.3, -0.25) is 0 Å². The molecule has 0 unspecified atom stereocenters. The van der Waals surface area contributed by atoms with Crippen molar-refractivity contribution in [3.05, 3.63) is 36.4 Å². The maximum Gasteiger partial charge on any atom is 0.122 e. The summed E-state index contributed by atoms with van der Waals surface area (Å²) in [6.45, 7) is 0. The second-order valence-electron chi connectivity index (χ2n) is 3.25. The van der Waals surface area contributed by atoms with Crippen LogP contribution in [-0.4, -0.2) is 0 Å². The zero-order chi connectivity index (χ0) is 8.39. The van der Waals surface area contributed by atoms with Gasteiger partial charge in [0, 0.05) is 0 Å². The van der Waals surface area contributed by atoms with Crippen molar-refractivity contribution >= 4 is 0 Å². The molecule has 0 amide bonds. The van der Waals surface area contributed by atoms with Gasteiger partial charge >= 0.3 is 0 Å². The molecule has 1 aromatic rings. The lowest BCUT2D eigenvalue weighted by atomic mass is 9.91. The number of benzene rings is 1. The van der Waals surface area contributed by atoms with E-state index in [1.807, 2.05) is 12.1 Å². The highest BCUT2D eigenvalue weighted by molar-refractivity contribution is 5.41. The van der Waals surface area contributed by atoms with Crippen LogP contribution >= 0.6 is 0 Å². The van der Waals surface area contributed by atoms with Crippen LogP contribution in [0, 0.1) is 7.11 Å². The second kappa shape index (κ2) is 3.18. The van der Waals surface area contributed by atoms with Crippen molar-refractivity contribution in [2.45, 2.75) is 25.7 Å². The number of hydrogen-bond donors (Lipinski definition) is 0. The fraction of sp³-hybridized carbons (Fsp3) is 0.364. The molecule has 1 nitrogen and oxygen atoms in total. The molecule has 12 heavy (non-hydrogen) atoms. The Morgan fingerprint density at radius 1 is 1.17 bits per heavy atom. The highest BCUT2D eigenvalue weighted by atomic mass is 16.5. The molecule has 0 atom stereocenters. The van der Waals surface area contributed by atoms with Crippen LogP contribution in [-0.2, 0) is 12.8 Å². The lowest BCUT2D eigenvalue weighted by Crippen LogP contribution is -2.03. The van der Waals surface area contributed by atoms with Crippen LogP contribution in [0.1, 0.15) is 24.0 Å². The molecule has 1 aromatic carbocycles. The van der Waals surface area contributed by atoms with E-state index < -0.39 is 0 Å². The molecule has 0 aromatic heterocycles. The minimum Gasteiger partial charge on any atom is -0.490 e. The summed E-state index contributed by atoms with van der Waals surface area (Å²) < 4.78 is 5.06. The number of fused-ring (bicyclic) bond motifs is 1. The quantitative estimate of drug-likeness (QED) is 0.615. The van der Waals surface area contributed by atoms with E-state index in [9.17, 15) is 0 Å². The predicted octanol–water partition coefficient (Wildman–Crippen LogP) is 2.74. The van der Waals surface area contributed by atoms with Crippen LogP contribution in [0.3, 0.4) is 0 Å². The van der Waals surface area contributed by atoms with Crippen molar-refractivity contribution in [2.75, 3.05) is 0 Å². The van der Waals surface area contributed by atoms with E-state index in [1.165, 1.54) is 30.4 Å². The smallest absolute Gasteiger partial charge is 0.122 e. The van der Waals surface area contributed by atoms with Crippen LogP contribution in [0.2, 0.25) is 0 Å². The lowest BCUT2D eigenvalue weighted by Gasteiger charge is -2.17. The van der Waals surface area contributed by atoms with Crippen LogP contribution in [0.25, 0.3) is 0 Å². The maximum atomic E-state index is 5.06. The van der Waals surface area contributed by atoms with Crippen LogP contribution in [0.4, 0.5) is 0 Å². The Morgan fingerprint density at radius 3 is 2.83 bits per heavy atom. The van der Waals surface area contributed by atoms with Crippen molar-refractivity contribution in [1.82, 2.24) is 0 Å². The number of hydrogen-bond acceptors (Lipinski definition) is 1. The third kappa shape index (κ3) is 1.20. The van der Waals surface area contributed by atoms with E-state index >= 15 is 0 Å². The summed E-state index contributed by atoms with van der Waals surface area (Å²) in [6, 6.07) is 6.23. The fourth-order valence-electron chi connectivity index (χ4n) is 1.88. The highest BCUT2D eigenvalue weighted by Crippen LogP contribution is 2.29. The number of ether oxygens (including phenoxy) is 1. The normalized spacial score (nSPS) is 15.4. The molecule has 63 valence electrons. The first kappa shape index (κ1) is 7.66. The van der Waals surface area contributed by atoms with Gasteiger partial charge in [-0.05, 0) is 42.9 Å². The minimum absolute atomic E-state index is 0.965. The standard InChI is InChI=1S/C11H13O/c1-12-11-8-4-6-9-5-2-3-7-10(9)11/h4,6,8H,1-3,5,7H2. The van der Waals surface area contributed by atoms with Crippen LogP contribution in [0.5, 0.6) is 5.75 Å². The fourth-order valence-corrected chi connectivity index (χ4v) is 1.88. The molecule has 1 aliphatic rings. The SMILES string of the molecule is [CH2]Oc1cccc2c1CCCC2. The van der Waals surface area contributed by atoms with E-state index in [2.05, 4.69) is 13.2 Å². The Hall–Kier alpha value is -0.980. The summed E-state index contributed by atoms with van der Waals surface area (Å²) in [4.78, 5) is 0. The first-order valence-electron chi connectivity index (χ1n) is 4.44. The molecule has 1 heteroatoms. The molecule has 0 heterocycles. The van der Waals surface area contributed by atoms with E-state index in [0.717, 1.165) is 12.2 Å². The van der Waals surface area contributed by atoms with Gasteiger partial charge in [-0.1, -0.05) is 12.1 Å². The zero-order valence-corrected chi connectivity index (χ0v) is 7.18. The van der Waals surface area contributed by atoms with Gasteiger partial charge in [0.2, 0.25) is 0 Å². The largest absolute Gasteiger partial charge is 0.490 e. The Morgan fingerprint density at radius 2 is 2.00 bits per heavy atom. The highest BCUT2D eigenvalue weighted by Gasteiger charge is 2.12. The lowest BCUT2D eigenvalue weighted by molar-refractivity contribution is 0.461. The van der Waals surface area contributed by atoms with E-state index in [1.54, 1.807) is 0 Å². The molecular weight excluding hydrogens is 148 g/mol. The van der Waals surface area contributed by atoms with Gasteiger partial charge in [-0.15, -0.1) is 0 Å². The molecule has 0 saturated carbocycles.